The largest absolute Gasteiger partial charge is 0.496 e. The van der Waals surface area contributed by atoms with Crippen molar-refractivity contribution in [2.75, 3.05) is 27.9 Å². The van der Waals surface area contributed by atoms with Gasteiger partial charge in [-0.25, -0.2) is 0 Å². The van der Waals surface area contributed by atoms with Crippen LogP contribution >= 0.6 is 0 Å². The van der Waals surface area contributed by atoms with Crippen molar-refractivity contribution in [3.63, 3.8) is 0 Å². The maximum Gasteiger partial charge on any atom is 0.309 e. The van der Waals surface area contributed by atoms with Crippen LogP contribution in [0.2, 0.25) is 0 Å². The molecule has 0 fully saturated rings. The average Bonchev–Trinajstić information content (AvgIpc) is 2.89. The third-order valence-electron chi connectivity index (χ3n) is 6.00. The van der Waals surface area contributed by atoms with Gasteiger partial charge in [-0.05, 0) is 48.6 Å². The Hall–Kier alpha value is -3.80. The van der Waals surface area contributed by atoms with E-state index >= 15 is 0 Å². The van der Waals surface area contributed by atoms with Crippen LogP contribution in [0.5, 0.6) is 11.5 Å². The Morgan fingerprint density at radius 1 is 0.800 bits per heavy atom. The second-order valence-corrected chi connectivity index (χ2v) is 8.39. The number of esters is 1. The van der Waals surface area contributed by atoms with Crippen molar-refractivity contribution in [1.29, 1.82) is 0 Å². The third kappa shape index (κ3) is 7.09. The molecule has 0 bridgehead atoms. The van der Waals surface area contributed by atoms with E-state index in [1.165, 1.54) is 12.7 Å². The molecule has 6 nitrogen and oxygen atoms in total. The minimum absolute atomic E-state index is 0.0895. The Morgan fingerprint density at radius 2 is 1.40 bits per heavy atom. The van der Waals surface area contributed by atoms with Crippen LogP contribution in [0.3, 0.4) is 0 Å². The Labute approximate surface area is 207 Å². The fraction of sp³-hybridized carbons (Fsp3) is 0.310. The molecule has 0 N–H and O–H groups in total. The van der Waals surface area contributed by atoms with Gasteiger partial charge in [-0.2, -0.15) is 0 Å². The Balaban J connectivity index is 1.81. The van der Waals surface area contributed by atoms with E-state index < -0.39 is 0 Å². The van der Waals surface area contributed by atoms with Gasteiger partial charge in [0.05, 0.1) is 27.8 Å². The molecule has 3 rings (SSSR count). The van der Waals surface area contributed by atoms with Crippen molar-refractivity contribution in [3.05, 3.63) is 94.5 Å². The standard InChI is InChI=1S/C29H33NO5/c1-21-26(33-2)18-25(19-27(21)34-3)29(32)30(16-8-11-22-9-6-5-7-10-22)20-24-14-12-23(13-15-24)17-28(31)35-4/h5-7,9-10,12-15,18-19H,8,11,16-17,20H2,1-4H3. The molecular formula is C29H33NO5. The van der Waals surface area contributed by atoms with E-state index in [1.54, 1.807) is 26.4 Å². The highest BCUT2D eigenvalue weighted by atomic mass is 16.5. The molecule has 35 heavy (non-hydrogen) atoms. The van der Waals surface area contributed by atoms with E-state index in [0.717, 1.165) is 29.5 Å². The molecule has 1 amide bonds. The minimum atomic E-state index is -0.280. The number of amides is 1. The second-order valence-electron chi connectivity index (χ2n) is 8.39. The van der Waals surface area contributed by atoms with E-state index in [4.69, 9.17) is 14.2 Å². The molecule has 0 heterocycles. The predicted molar refractivity (Wildman–Crippen MR) is 136 cm³/mol. The Bertz CT molecular complexity index is 1100. The molecule has 0 radical (unpaired) electrons. The number of aryl methyl sites for hydroxylation is 1. The van der Waals surface area contributed by atoms with Crippen molar-refractivity contribution in [2.45, 2.75) is 32.7 Å². The van der Waals surface area contributed by atoms with Crippen molar-refractivity contribution >= 4 is 11.9 Å². The number of carbonyl (C=O) groups excluding carboxylic acids is 2. The van der Waals surface area contributed by atoms with Gasteiger partial charge in [0.25, 0.3) is 5.91 Å². The van der Waals surface area contributed by atoms with Crippen LogP contribution in [0.25, 0.3) is 0 Å². The van der Waals surface area contributed by atoms with Gasteiger partial charge in [-0.3, -0.25) is 9.59 Å². The number of carbonyl (C=O) groups is 2. The summed E-state index contributed by atoms with van der Waals surface area (Å²) < 4.78 is 15.7. The van der Waals surface area contributed by atoms with Crippen molar-refractivity contribution < 1.29 is 23.8 Å². The highest BCUT2D eigenvalue weighted by Crippen LogP contribution is 2.30. The quantitative estimate of drug-likeness (QED) is 0.365. The Morgan fingerprint density at radius 3 is 1.97 bits per heavy atom. The van der Waals surface area contributed by atoms with Crippen molar-refractivity contribution in [1.82, 2.24) is 4.90 Å². The van der Waals surface area contributed by atoms with Crippen LogP contribution in [-0.4, -0.2) is 44.7 Å². The number of rotatable bonds is 11. The van der Waals surface area contributed by atoms with Gasteiger partial charge in [-0.15, -0.1) is 0 Å². The van der Waals surface area contributed by atoms with Crippen LogP contribution in [0.15, 0.2) is 66.7 Å². The van der Waals surface area contributed by atoms with Crippen LogP contribution in [0.1, 0.15) is 39.0 Å². The summed E-state index contributed by atoms with van der Waals surface area (Å²) in [5.74, 6) is 0.860. The predicted octanol–water partition coefficient (Wildman–Crippen LogP) is 5.00. The van der Waals surface area contributed by atoms with Gasteiger partial charge in [0.1, 0.15) is 11.5 Å². The Kier molecular flexibility index (Phi) is 9.30. The van der Waals surface area contributed by atoms with E-state index in [9.17, 15) is 9.59 Å². The number of methoxy groups -OCH3 is 3. The molecule has 3 aromatic carbocycles. The minimum Gasteiger partial charge on any atom is -0.496 e. The second kappa shape index (κ2) is 12.6. The monoisotopic (exact) mass is 475 g/mol. The number of hydrogen-bond donors (Lipinski definition) is 0. The SMILES string of the molecule is COC(=O)Cc1ccc(CN(CCCc2ccccc2)C(=O)c2cc(OC)c(C)c(OC)c2)cc1. The summed E-state index contributed by atoms with van der Waals surface area (Å²) in [7, 11) is 4.55. The average molecular weight is 476 g/mol. The molecular weight excluding hydrogens is 442 g/mol. The lowest BCUT2D eigenvalue weighted by atomic mass is 10.1. The molecule has 0 aromatic heterocycles. The zero-order valence-corrected chi connectivity index (χ0v) is 20.9. The van der Waals surface area contributed by atoms with Gasteiger partial charge in [-0.1, -0.05) is 54.6 Å². The molecule has 0 unspecified atom stereocenters. The van der Waals surface area contributed by atoms with E-state index in [0.29, 0.717) is 30.2 Å². The summed E-state index contributed by atoms with van der Waals surface area (Å²) in [6, 6.07) is 21.5. The van der Waals surface area contributed by atoms with Crippen molar-refractivity contribution in [2.24, 2.45) is 0 Å². The summed E-state index contributed by atoms with van der Waals surface area (Å²) in [6.45, 7) is 2.94. The van der Waals surface area contributed by atoms with Crippen molar-refractivity contribution in [3.8, 4) is 11.5 Å². The highest BCUT2D eigenvalue weighted by molar-refractivity contribution is 5.95. The van der Waals surface area contributed by atoms with Crippen LogP contribution < -0.4 is 9.47 Å². The van der Waals surface area contributed by atoms with Crippen LogP contribution in [0, 0.1) is 6.92 Å². The molecule has 3 aromatic rings. The first-order valence-electron chi connectivity index (χ1n) is 11.7. The lowest BCUT2D eigenvalue weighted by Crippen LogP contribution is -2.32. The van der Waals surface area contributed by atoms with Crippen LogP contribution in [-0.2, 0) is 28.9 Å². The van der Waals surface area contributed by atoms with Crippen LogP contribution in [0.4, 0.5) is 0 Å². The van der Waals surface area contributed by atoms with Gasteiger partial charge in [0.2, 0.25) is 0 Å². The summed E-state index contributed by atoms with van der Waals surface area (Å²) in [5, 5.41) is 0. The topological polar surface area (TPSA) is 65.1 Å². The molecule has 0 aliphatic rings. The number of ether oxygens (including phenoxy) is 3. The molecule has 0 atom stereocenters. The summed E-state index contributed by atoms with van der Waals surface area (Å²) in [5.41, 5.74) is 4.47. The van der Waals surface area contributed by atoms with E-state index in [-0.39, 0.29) is 18.3 Å². The lowest BCUT2D eigenvalue weighted by Gasteiger charge is -2.24. The van der Waals surface area contributed by atoms with Gasteiger partial charge < -0.3 is 19.1 Å². The molecule has 0 spiro atoms. The lowest BCUT2D eigenvalue weighted by molar-refractivity contribution is -0.139. The fourth-order valence-corrected chi connectivity index (χ4v) is 3.99. The smallest absolute Gasteiger partial charge is 0.309 e. The van der Waals surface area contributed by atoms with Gasteiger partial charge in [0.15, 0.2) is 0 Å². The molecule has 0 saturated heterocycles. The zero-order valence-electron chi connectivity index (χ0n) is 20.9. The zero-order chi connectivity index (χ0) is 25.2. The van der Waals surface area contributed by atoms with E-state index in [2.05, 4.69) is 12.1 Å². The maximum absolute atomic E-state index is 13.6. The molecule has 0 aliphatic heterocycles. The van der Waals surface area contributed by atoms with Gasteiger partial charge in [0, 0.05) is 24.2 Å². The number of nitrogens with zero attached hydrogens (tertiary/aromatic N) is 1. The normalized spacial score (nSPS) is 10.5. The summed E-state index contributed by atoms with van der Waals surface area (Å²) in [4.78, 5) is 27.1. The van der Waals surface area contributed by atoms with E-state index in [1.807, 2.05) is 54.3 Å². The number of hydrogen-bond acceptors (Lipinski definition) is 5. The first kappa shape index (κ1) is 25.8. The molecule has 6 heteroatoms. The summed E-state index contributed by atoms with van der Waals surface area (Å²) in [6.07, 6.45) is 1.93. The molecule has 184 valence electrons. The molecule has 0 aliphatic carbocycles. The highest BCUT2D eigenvalue weighted by Gasteiger charge is 2.20. The summed E-state index contributed by atoms with van der Waals surface area (Å²) >= 11 is 0. The first-order chi connectivity index (χ1) is 16.9. The maximum atomic E-state index is 13.6. The molecule has 0 saturated carbocycles. The fourth-order valence-electron chi connectivity index (χ4n) is 3.99. The van der Waals surface area contributed by atoms with Gasteiger partial charge >= 0.3 is 5.97 Å². The third-order valence-corrected chi connectivity index (χ3v) is 6.00. The number of benzene rings is 3. The first-order valence-corrected chi connectivity index (χ1v) is 11.7.